The van der Waals surface area contributed by atoms with Gasteiger partial charge >= 0.3 is 46.9 Å². The molecule has 348 valence electrons. The molecule has 0 aromatic carbocycles. The number of hydrogen-bond donors (Lipinski definition) is 0. The van der Waals surface area contributed by atoms with Crippen molar-refractivity contribution in [3.05, 3.63) is 24.3 Å². The predicted octanol–water partition coefficient (Wildman–Crippen LogP) is 8.89. The first-order valence-electron chi connectivity index (χ1n) is 23.3. The van der Waals surface area contributed by atoms with Crippen LogP contribution in [-0.4, -0.2) is 83.3 Å². The summed E-state index contributed by atoms with van der Waals surface area (Å²) in [4.78, 5) is 67.8. The number of carbonyl (C=O) groups excluding carboxylic acids is 6. The number of aliphatic carboxylic acids is 2. The molecule has 0 aliphatic carbocycles. The number of hydrogen-bond acceptors (Lipinski definition) is 12. The van der Waals surface area contributed by atoms with E-state index in [9.17, 15) is 39.0 Å². The number of esters is 4. The fourth-order valence-electron chi connectivity index (χ4n) is 5.92. The van der Waals surface area contributed by atoms with Crippen molar-refractivity contribution in [3.63, 3.8) is 0 Å². The van der Waals surface area contributed by atoms with Gasteiger partial charge in [0.1, 0.15) is 12.2 Å². The predicted molar refractivity (Wildman–Crippen MR) is 237 cm³/mol. The maximum Gasteiger partial charge on any atom is 2.00 e. The number of carboxylic acid groups (broad SMARTS) is 2. The van der Waals surface area contributed by atoms with Gasteiger partial charge in [-0.05, 0) is 91.9 Å². The minimum atomic E-state index is -1.49. The third kappa shape index (κ3) is 43.5. The van der Waals surface area contributed by atoms with E-state index in [0.29, 0.717) is 12.8 Å². The molecule has 13 heteroatoms. The van der Waals surface area contributed by atoms with Crippen LogP contribution in [0.4, 0.5) is 0 Å². The molecule has 61 heavy (non-hydrogen) atoms. The van der Waals surface area contributed by atoms with Crippen LogP contribution in [0.3, 0.4) is 0 Å². The van der Waals surface area contributed by atoms with Crippen molar-refractivity contribution in [1.29, 1.82) is 0 Å². The number of rotatable bonds is 38. The maximum atomic E-state index is 11.7. The summed E-state index contributed by atoms with van der Waals surface area (Å²) in [6.07, 6.45) is 35.4. The third-order valence-electron chi connectivity index (χ3n) is 9.82. The smallest absolute Gasteiger partial charge is 0.546 e. The molecule has 0 bridgehead atoms. The van der Waals surface area contributed by atoms with Crippen LogP contribution in [0.1, 0.15) is 221 Å². The monoisotopic (exact) mass is 875 g/mol. The van der Waals surface area contributed by atoms with Crippen LogP contribution in [0.2, 0.25) is 0 Å². The summed E-state index contributed by atoms with van der Waals surface area (Å²) in [7, 11) is 0. The van der Waals surface area contributed by atoms with Crippen molar-refractivity contribution >= 4 is 58.9 Å². The minimum absolute atomic E-state index is 0. The molecule has 0 N–H and O–H groups in total. The Bertz CT molecular complexity index is 1100. The second-order valence-corrected chi connectivity index (χ2v) is 15.7. The molecule has 0 saturated heterocycles. The Morgan fingerprint density at radius 2 is 0.623 bits per heavy atom. The summed E-state index contributed by atoms with van der Waals surface area (Å²) in [5.74, 6) is -5.70. The average Bonchev–Trinajstić information content (AvgIpc) is 3.20. The molecule has 0 fully saturated rings. The minimum Gasteiger partial charge on any atom is -0.546 e. The second-order valence-electron chi connectivity index (χ2n) is 15.7. The Balaban J connectivity index is -0.00000109. The third-order valence-corrected chi connectivity index (χ3v) is 9.82. The first-order valence-corrected chi connectivity index (χ1v) is 23.3. The molecule has 0 aromatic rings. The van der Waals surface area contributed by atoms with Crippen molar-refractivity contribution in [3.8, 4) is 0 Å². The van der Waals surface area contributed by atoms with E-state index in [-0.39, 0.29) is 35.9 Å². The Hall–Kier alpha value is -2.93. The molecule has 0 amide bonds. The molecule has 12 nitrogen and oxygen atoms in total. The zero-order valence-electron chi connectivity index (χ0n) is 39.0. The van der Waals surface area contributed by atoms with Gasteiger partial charge in [-0.2, -0.15) is 0 Å². The zero-order chi connectivity index (χ0) is 45.2. The van der Waals surface area contributed by atoms with Crippen LogP contribution in [0.5, 0.6) is 0 Å². The summed E-state index contributed by atoms with van der Waals surface area (Å²) in [5.41, 5.74) is 0. The quantitative estimate of drug-likeness (QED) is 0.0189. The van der Waals surface area contributed by atoms with E-state index in [4.69, 9.17) is 9.47 Å². The van der Waals surface area contributed by atoms with Crippen LogP contribution < -0.4 is 10.2 Å². The van der Waals surface area contributed by atoms with E-state index in [1.807, 2.05) is 0 Å². The molecule has 4 unspecified atom stereocenters. The van der Waals surface area contributed by atoms with Gasteiger partial charge in [0.2, 0.25) is 0 Å². The largest absolute Gasteiger partial charge is 2.00 e. The Morgan fingerprint density at radius 3 is 0.885 bits per heavy atom. The molecule has 0 aliphatic heterocycles. The van der Waals surface area contributed by atoms with E-state index >= 15 is 0 Å². The molecule has 0 radical (unpaired) electrons. The first kappa shape index (κ1) is 62.4. The van der Waals surface area contributed by atoms with E-state index in [1.165, 1.54) is 118 Å². The van der Waals surface area contributed by atoms with Gasteiger partial charge in [-0.3, -0.25) is 9.59 Å². The number of carbonyl (C=O) groups is 6. The van der Waals surface area contributed by atoms with Gasteiger partial charge in [0.25, 0.3) is 0 Å². The van der Waals surface area contributed by atoms with Crippen molar-refractivity contribution in [2.75, 3.05) is 0 Å². The summed E-state index contributed by atoms with van der Waals surface area (Å²) in [6.45, 7) is 9.58. The molecule has 0 heterocycles. The van der Waals surface area contributed by atoms with Crippen molar-refractivity contribution < 1.29 is 57.9 Å². The van der Waals surface area contributed by atoms with Gasteiger partial charge < -0.3 is 38.7 Å². The Kier molecular flexibility index (Phi) is 46.1. The average molecular weight is 875 g/mol. The molecule has 0 aromatic heterocycles. The van der Waals surface area contributed by atoms with Crippen LogP contribution in [0, 0.1) is 0 Å². The number of ether oxygens (including phenoxy) is 4. The SMILES string of the molecule is CCCCCCCC/C=C/CCCCCCCC(=O)OC(C)C(=O)OC(C)C(=O)[O-].CCCCCCCC/C=C/CCCCCCCC(=O)OC(C)C(=O)OC(C)C(=O)[O-].[Mg+2]. The molecule has 0 rings (SSSR count). The number of allylic oxidation sites excluding steroid dienone is 4. The number of carboxylic acids is 2. The topological polar surface area (TPSA) is 185 Å². The molecular formula is C48H82MgO12. The van der Waals surface area contributed by atoms with Crippen LogP contribution in [-0.2, 0) is 47.7 Å². The van der Waals surface area contributed by atoms with Crippen LogP contribution in [0.25, 0.3) is 0 Å². The molecular weight excluding hydrogens is 793 g/mol. The van der Waals surface area contributed by atoms with Crippen LogP contribution >= 0.6 is 0 Å². The molecule has 0 saturated carbocycles. The van der Waals surface area contributed by atoms with E-state index in [1.54, 1.807) is 0 Å². The standard InChI is InChI=1S/2C24H42O6.Mg/c2*1-4-5-6-7-8-9-10-11-12-13-14-15-16-17-18-19-22(25)29-21(3)24(28)30-20(2)23(26)27;/h2*11-12,20-21H,4-10,13-19H2,1-3H3,(H,26,27);/q;;+2/p-2/b2*12-11+;. The Labute approximate surface area is 385 Å². The summed E-state index contributed by atoms with van der Waals surface area (Å²) >= 11 is 0. The van der Waals surface area contributed by atoms with Gasteiger partial charge in [0.15, 0.2) is 12.2 Å². The molecule has 0 spiro atoms. The van der Waals surface area contributed by atoms with Crippen molar-refractivity contribution in [2.45, 2.75) is 246 Å². The van der Waals surface area contributed by atoms with Gasteiger partial charge in [0, 0.05) is 12.8 Å². The second kappa shape index (κ2) is 45.1. The summed E-state index contributed by atoms with van der Waals surface area (Å²) < 4.78 is 19.2. The van der Waals surface area contributed by atoms with Crippen LogP contribution in [0.15, 0.2) is 24.3 Å². The van der Waals surface area contributed by atoms with Crippen molar-refractivity contribution in [2.24, 2.45) is 0 Å². The fourth-order valence-corrected chi connectivity index (χ4v) is 5.92. The number of unbranched alkanes of at least 4 members (excludes halogenated alkanes) is 22. The maximum absolute atomic E-state index is 11.7. The fraction of sp³-hybridized carbons (Fsp3) is 0.792. The molecule has 0 aliphatic rings. The summed E-state index contributed by atoms with van der Waals surface area (Å²) in [5, 5.41) is 21.1. The van der Waals surface area contributed by atoms with E-state index in [0.717, 1.165) is 64.2 Å². The van der Waals surface area contributed by atoms with Crippen molar-refractivity contribution in [1.82, 2.24) is 0 Å². The Morgan fingerprint density at radius 1 is 0.377 bits per heavy atom. The summed E-state index contributed by atoms with van der Waals surface area (Å²) in [6, 6.07) is 0. The van der Waals surface area contributed by atoms with Gasteiger partial charge in [-0.25, -0.2) is 9.59 Å². The zero-order valence-corrected chi connectivity index (χ0v) is 40.4. The van der Waals surface area contributed by atoms with Gasteiger partial charge in [-0.15, -0.1) is 0 Å². The van der Waals surface area contributed by atoms with Gasteiger partial charge in [0.05, 0.1) is 11.9 Å². The normalized spacial score (nSPS) is 13.0. The molecule has 4 atom stereocenters. The van der Waals surface area contributed by atoms with Gasteiger partial charge in [-0.1, -0.05) is 141 Å². The first-order chi connectivity index (χ1) is 28.8. The van der Waals surface area contributed by atoms with E-state index < -0.39 is 60.2 Å². The van der Waals surface area contributed by atoms with E-state index in [2.05, 4.69) is 47.6 Å².